The van der Waals surface area contributed by atoms with Gasteiger partial charge in [0.05, 0.1) is 0 Å². The molecule has 1 aliphatic rings. The Labute approximate surface area is 73.9 Å². The Kier molecular flexibility index (Phi) is 1.76. The molecule has 61 valence electrons. The third kappa shape index (κ3) is 1.18. The first-order valence-electron chi connectivity index (χ1n) is 4.36. The summed E-state index contributed by atoms with van der Waals surface area (Å²) in [6, 6.07) is 8.61. The van der Waals surface area contributed by atoms with E-state index in [4.69, 9.17) is 0 Å². The van der Waals surface area contributed by atoms with E-state index in [2.05, 4.69) is 44.5 Å². The number of rotatable bonds is 0. The molecule has 0 heteroatoms. The second-order valence-corrected chi connectivity index (χ2v) is 3.48. The van der Waals surface area contributed by atoms with Crippen LogP contribution in [0.1, 0.15) is 25.0 Å². The molecule has 1 aromatic rings. The Morgan fingerprint density at radius 1 is 1.08 bits per heavy atom. The third-order valence-electron chi connectivity index (χ3n) is 2.56. The average molecular weight is 157 g/mol. The zero-order valence-corrected chi connectivity index (χ0v) is 7.59. The quantitative estimate of drug-likeness (QED) is 0.542. The molecule has 2 rings (SSSR count). The molecule has 0 spiro atoms. The molecule has 0 fully saturated rings. The summed E-state index contributed by atoms with van der Waals surface area (Å²) >= 11 is 0. The second kappa shape index (κ2) is 2.78. The summed E-state index contributed by atoms with van der Waals surface area (Å²) in [5.74, 6) is 0. The Balaban J connectivity index is 2.43. The maximum absolute atomic E-state index is 2.27. The first-order chi connectivity index (χ1) is 5.77. The highest BCUT2D eigenvalue weighted by atomic mass is 14.2. The van der Waals surface area contributed by atoms with Crippen LogP contribution >= 0.6 is 0 Å². The van der Waals surface area contributed by atoms with Gasteiger partial charge in [-0.05, 0) is 31.4 Å². The van der Waals surface area contributed by atoms with E-state index in [0.717, 1.165) is 6.42 Å². The Bertz CT molecular complexity index is 299. The molecule has 0 bridgehead atoms. The van der Waals surface area contributed by atoms with Crippen LogP contribution in [0, 0.1) is 6.42 Å². The minimum atomic E-state index is 1.12. The number of benzene rings is 1. The molecule has 0 N–H and O–H groups in total. The number of hydrogen-bond acceptors (Lipinski definition) is 0. The van der Waals surface area contributed by atoms with Crippen LogP contribution in [0.3, 0.4) is 0 Å². The normalized spacial score (nSPS) is 16.2. The largest absolute Gasteiger partial charge is 0.0693 e. The summed E-state index contributed by atoms with van der Waals surface area (Å²) in [5.41, 5.74) is 5.77. The van der Waals surface area contributed by atoms with Crippen molar-refractivity contribution in [1.82, 2.24) is 0 Å². The Morgan fingerprint density at radius 3 is 2.67 bits per heavy atom. The topological polar surface area (TPSA) is 0 Å². The van der Waals surface area contributed by atoms with E-state index in [-0.39, 0.29) is 0 Å². The van der Waals surface area contributed by atoms with Crippen molar-refractivity contribution in [3.8, 4) is 0 Å². The molecular weight excluding hydrogens is 144 g/mol. The molecule has 12 heavy (non-hydrogen) atoms. The minimum Gasteiger partial charge on any atom is -0.0693 e. The third-order valence-corrected chi connectivity index (χ3v) is 2.56. The molecule has 0 aromatic heterocycles. The smallest absolute Gasteiger partial charge is 0.0157 e. The Morgan fingerprint density at radius 2 is 1.83 bits per heavy atom. The first kappa shape index (κ1) is 7.60. The van der Waals surface area contributed by atoms with Crippen molar-refractivity contribution in [2.24, 2.45) is 0 Å². The van der Waals surface area contributed by atoms with Gasteiger partial charge in [0.25, 0.3) is 0 Å². The molecule has 0 atom stereocenters. The van der Waals surface area contributed by atoms with Crippen molar-refractivity contribution >= 4 is 0 Å². The summed E-state index contributed by atoms with van der Waals surface area (Å²) in [7, 11) is 0. The van der Waals surface area contributed by atoms with Crippen LogP contribution in [0.25, 0.3) is 0 Å². The molecule has 0 saturated heterocycles. The van der Waals surface area contributed by atoms with Crippen LogP contribution in [0.15, 0.2) is 35.4 Å². The van der Waals surface area contributed by atoms with Gasteiger partial charge in [-0.15, -0.1) is 0 Å². The number of fused-ring (bicyclic) bond motifs is 1. The molecule has 0 aliphatic heterocycles. The van der Waals surface area contributed by atoms with Gasteiger partial charge in [0.15, 0.2) is 0 Å². The van der Waals surface area contributed by atoms with Crippen LogP contribution in [-0.4, -0.2) is 0 Å². The Hall–Kier alpha value is -1.04. The van der Waals surface area contributed by atoms with Crippen LogP contribution in [0.2, 0.25) is 0 Å². The molecule has 1 aliphatic carbocycles. The highest BCUT2D eigenvalue weighted by Gasteiger charge is 2.11. The zero-order valence-electron chi connectivity index (χ0n) is 7.59. The van der Waals surface area contributed by atoms with Crippen molar-refractivity contribution < 1.29 is 0 Å². The van der Waals surface area contributed by atoms with Gasteiger partial charge in [0.2, 0.25) is 0 Å². The van der Waals surface area contributed by atoms with Gasteiger partial charge in [-0.2, -0.15) is 0 Å². The van der Waals surface area contributed by atoms with Gasteiger partial charge in [0, 0.05) is 6.42 Å². The lowest BCUT2D eigenvalue weighted by Gasteiger charge is -2.17. The molecule has 0 saturated carbocycles. The minimum absolute atomic E-state index is 1.12. The van der Waals surface area contributed by atoms with Crippen LogP contribution in [0.4, 0.5) is 0 Å². The maximum atomic E-state index is 2.27. The molecule has 0 amide bonds. The maximum Gasteiger partial charge on any atom is 0.0157 e. The van der Waals surface area contributed by atoms with Crippen LogP contribution in [-0.2, 0) is 6.42 Å². The fourth-order valence-electron chi connectivity index (χ4n) is 1.62. The predicted octanol–water partition coefficient (Wildman–Crippen LogP) is 3.13. The van der Waals surface area contributed by atoms with E-state index in [1.165, 1.54) is 22.3 Å². The second-order valence-electron chi connectivity index (χ2n) is 3.48. The zero-order chi connectivity index (χ0) is 8.55. The number of hydrogen-bond donors (Lipinski definition) is 0. The molecule has 0 heterocycles. The van der Waals surface area contributed by atoms with Crippen molar-refractivity contribution in [3.63, 3.8) is 0 Å². The van der Waals surface area contributed by atoms with E-state index in [0.29, 0.717) is 0 Å². The monoisotopic (exact) mass is 157 g/mol. The molecule has 0 nitrogen and oxygen atoms in total. The molecule has 0 unspecified atom stereocenters. The summed E-state index contributed by atoms with van der Waals surface area (Å²) in [4.78, 5) is 0. The molecule has 1 radical (unpaired) electrons. The lowest BCUT2D eigenvalue weighted by Crippen LogP contribution is -2.02. The van der Waals surface area contributed by atoms with Gasteiger partial charge in [-0.25, -0.2) is 0 Å². The molecular formula is C12H13. The highest BCUT2D eigenvalue weighted by molar-refractivity contribution is 5.47. The summed E-state index contributed by atoms with van der Waals surface area (Å²) in [6.45, 7) is 4.40. The summed E-state index contributed by atoms with van der Waals surface area (Å²) in [6.07, 6.45) is 3.40. The van der Waals surface area contributed by atoms with Gasteiger partial charge in [-0.1, -0.05) is 35.4 Å². The summed E-state index contributed by atoms with van der Waals surface area (Å²) in [5, 5.41) is 0. The van der Waals surface area contributed by atoms with E-state index in [9.17, 15) is 0 Å². The summed E-state index contributed by atoms with van der Waals surface area (Å²) < 4.78 is 0. The van der Waals surface area contributed by atoms with Gasteiger partial charge < -0.3 is 0 Å². The SMILES string of the molecule is CC1=C(C)Cc2ccccc2[CH]1. The van der Waals surface area contributed by atoms with Crippen molar-refractivity contribution in [3.05, 3.63) is 53.0 Å². The van der Waals surface area contributed by atoms with Crippen LogP contribution in [0.5, 0.6) is 0 Å². The van der Waals surface area contributed by atoms with E-state index in [1.807, 2.05) is 0 Å². The van der Waals surface area contributed by atoms with E-state index >= 15 is 0 Å². The van der Waals surface area contributed by atoms with Gasteiger partial charge in [0.1, 0.15) is 0 Å². The fourth-order valence-corrected chi connectivity index (χ4v) is 1.62. The van der Waals surface area contributed by atoms with Crippen molar-refractivity contribution in [1.29, 1.82) is 0 Å². The van der Waals surface area contributed by atoms with Crippen molar-refractivity contribution in [2.75, 3.05) is 0 Å². The van der Waals surface area contributed by atoms with Crippen LogP contribution < -0.4 is 0 Å². The highest BCUT2D eigenvalue weighted by Crippen LogP contribution is 2.26. The lowest BCUT2D eigenvalue weighted by molar-refractivity contribution is 1.04. The number of allylic oxidation sites excluding steroid dienone is 2. The molecule has 1 aromatic carbocycles. The van der Waals surface area contributed by atoms with E-state index < -0.39 is 0 Å². The van der Waals surface area contributed by atoms with Gasteiger partial charge in [-0.3, -0.25) is 0 Å². The average Bonchev–Trinajstić information content (AvgIpc) is 2.07. The standard InChI is InChI=1S/C12H13/c1-9-7-11-5-3-4-6-12(11)8-10(9)2/h3-7H,8H2,1-2H3. The first-order valence-corrected chi connectivity index (χ1v) is 4.36. The van der Waals surface area contributed by atoms with E-state index in [1.54, 1.807) is 0 Å². The lowest BCUT2D eigenvalue weighted by atomic mass is 9.88. The van der Waals surface area contributed by atoms with Gasteiger partial charge >= 0.3 is 0 Å². The predicted molar refractivity (Wildman–Crippen MR) is 51.9 cm³/mol. The fraction of sp³-hybridized carbons (Fsp3) is 0.250. The van der Waals surface area contributed by atoms with Crippen molar-refractivity contribution in [2.45, 2.75) is 20.3 Å².